The number of thiophene rings is 1. The monoisotopic (exact) mass is 428 g/mol. The highest BCUT2D eigenvalue weighted by molar-refractivity contribution is 7.12. The van der Waals surface area contributed by atoms with E-state index in [1.165, 1.54) is 11.3 Å². The molecule has 0 spiro atoms. The van der Waals surface area contributed by atoms with Crippen molar-refractivity contribution < 1.29 is 19.1 Å². The number of fused-ring (bicyclic) bond motifs is 1. The molecule has 0 radical (unpaired) electrons. The Morgan fingerprint density at radius 3 is 2.50 bits per heavy atom. The zero-order chi connectivity index (χ0) is 21.1. The van der Waals surface area contributed by atoms with Gasteiger partial charge in [-0.1, -0.05) is 26.0 Å². The molecule has 0 bridgehead atoms. The van der Waals surface area contributed by atoms with Crippen molar-refractivity contribution in [1.82, 2.24) is 10.2 Å². The van der Waals surface area contributed by atoms with E-state index < -0.39 is 0 Å². The van der Waals surface area contributed by atoms with Crippen LogP contribution in [0.15, 0.2) is 35.7 Å². The SMILES string of the molecule is CC(C)[C@H](NC(=O)C1CCN(C(=O)c2cccs2)CC1)c1ccc2c(c1)OCCO2. The van der Waals surface area contributed by atoms with Gasteiger partial charge in [-0.2, -0.15) is 0 Å². The average Bonchev–Trinajstić information content (AvgIpc) is 3.31. The van der Waals surface area contributed by atoms with E-state index in [2.05, 4.69) is 19.2 Å². The molecular weight excluding hydrogens is 400 g/mol. The fourth-order valence-electron chi connectivity index (χ4n) is 4.06. The van der Waals surface area contributed by atoms with Gasteiger partial charge in [-0.15, -0.1) is 11.3 Å². The molecule has 2 aliphatic heterocycles. The Kier molecular flexibility index (Phi) is 6.27. The van der Waals surface area contributed by atoms with Crippen LogP contribution in [0.4, 0.5) is 0 Å². The van der Waals surface area contributed by atoms with E-state index in [4.69, 9.17) is 9.47 Å². The number of carbonyl (C=O) groups excluding carboxylic acids is 2. The van der Waals surface area contributed by atoms with Crippen LogP contribution in [-0.2, 0) is 4.79 Å². The van der Waals surface area contributed by atoms with E-state index in [0.717, 1.165) is 21.9 Å². The first-order chi connectivity index (χ1) is 14.5. The third-order valence-corrected chi connectivity index (χ3v) is 6.63. The molecule has 0 saturated carbocycles. The van der Waals surface area contributed by atoms with Crippen LogP contribution in [0.2, 0.25) is 0 Å². The number of rotatable bonds is 5. The van der Waals surface area contributed by atoms with E-state index in [9.17, 15) is 9.59 Å². The molecule has 0 aliphatic carbocycles. The minimum Gasteiger partial charge on any atom is -0.486 e. The lowest BCUT2D eigenvalue weighted by Crippen LogP contribution is -2.44. The van der Waals surface area contributed by atoms with Gasteiger partial charge in [-0.3, -0.25) is 9.59 Å². The maximum atomic E-state index is 13.0. The lowest BCUT2D eigenvalue weighted by Gasteiger charge is -2.33. The number of carbonyl (C=O) groups is 2. The lowest BCUT2D eigenvalue weighted by atomic mass is 9.92. The van der Waals surface area contributed by atoms with Gasteiger partial charge in [0.05, 0.1) is 10.9 Å². The summed E-state index contributed by atoms with van der Waals surface area (Å²) in [7, 11) is 0. The number of likely N-dealkylation sites (tertiary alicyclic amines) is 1. The van der Waals surface area contributed by atoms with Gasteiger partial charge in [-0.05, 0) is 47.9 Å². The van der Waals surface area contributed by atoms with E-state index >= 15 is 0 Å². The fraction of sp³-hybridized carbons (Fsp3) is 0.478. The number of benzene rings is 1. The number of hydrogen-bond donors (Lipinski definition) is 1. The summed E-state index contributed by atoms with van der Waals surface area (Å²) < 4.78 is 11.3. The molecule has 1 aromatic carbocycles. The molecule has 4 rings (SSSR count). The van der Waals surface area contributed by atoms with Crippen LogP contribution in [0.1, 0.15) is 48.0 Å². The molecule has 1 saturated heterocycles. The van der Waals surface area contributed by atoms with E-state index in [0.29, 0.717) is 39.1 Å². The van der Waals surface area contributed by atoms with Crippen molar-refractivity contribution in [1.29, 1.82) is 0 Å². The molecule has 30 heavy (non-hydrogen) atoms. The number of ether oxygens (including phenoxy) is 2. The summed E-state index contributed by atoms with van der Waals surface area (Å²) in [6.07, 6.45) is 1.38. The smallest absolute Gasteiger partial charge is 0.263 e. The molecule has 0 unspecified atom stereocenters. The highest BCUT2D eigenvalue weighted by Gasteiger charge is 2.30. The van der Waals surface area contributed by atoms with Crippen molar-refractivity contribution in [2.45, 2.75) is 32.7 Å². The van der Waals surface area contributed by atoms with Crippen LogP contribution in [0.25, 0.3) is 0 Å². The number of nitrogens with one attached hydrogen (secondary N) is 1. The summed E-state index contributed by atoms with van der Waals surface area (Å²) in [6, 6.07) is 9.54. The Balaban J connectivity index is 1.38. The molecule has 1 atom stereocenters. The van der Waals surface area contributed by atoms with Crippen LogP contribution >= 0.6 is 11.3 Å². The van der Waals surface area contributed by atoms with E-state index in [-0.39, 0.29) is 29.7 Å². The van der Waals surface area contributed by atoms with Crippen LogP contribution in [0.3, 0.4) is 0 Å². The van der Waals surface area contributed by atoms with Gasteiger partial charge >= 0.3 is 0 Å². The first-order valence-electron chi connectivity index (χ1n) is 10.6. The number of nitrogens with zero attached hydrogens (tertiary/aromatic N) is 1. The van der Waals surface area contributed by atoms with Crippen molar-refractivity contribution in [2.75, 3.05) is 26.3 Å². The van der Waals surface area contributed by atoms with Crippen LogP contribution < -0.4 is 14.8 Å². The largest absolute Gasteiger partial charge is 0.486 e. The van der Waals surface area contributed by atoms with Crippen molar-refractivity contribution in [3.63, 3.8) is 0 Å². The Labute approximate surface area is 181 Å². The fourth-order valence-corrected chi connectivity index (χ4v) is 4.75. The standard InChI is InChI=1S/C23H28N2O4S/c1-15(2)21(17-5-6-18-19(14-17)29-12-11-28-18)24-22(26)16-7-9-25(10-8-16)23(27)20-4-3-13-30-20/h3-6,13-16,21H,7-12H2,1-2H3,(H,24,26)/t21-/m0/s1. The second-order valence-electron chi connectivity index (χ2n) is 8.18. The van der Waals surface area contributed by atoms with E-state index in [1.807, 2.05) is 40.6 Å². The second kappa shape index (κ2) is 9.08. The van der Waals surface area contributed by atoms with Gasteiger partial charge < -0.3 is 19.7 Å². The number of hydrogen-bond acceptors (Lipinski definition) is 5. The summed E-state index contributed by atoms with van der Waals surface area (Å²) in [5.41, 5.74) is 1.02. The zero-order valence-corrected chi connectivity index (χ0v) is 18.2. The van der Waals surface area contributed by atoms with Crippen molar-refractivity contribution in [2.24, 2.45) is 11.8 Å². The van der Waals surface area contributed by atoms with Crippen LogP contribution in [0.5, 0.6) is 11.5 Å². The predicted octanol–water partition coefficient (Wildman–Crippen LogP) is 3.89. The summed E-state index contributed by atoms with van der Waals surface area (Å²) >= 11 is 1.46. The number of piperidine rings is 1. The molecule has 3 heterocycles. The van der Waals surface area contributed by atoms with Gasteiger partial charge in [0.25, 0.3) is 5.91 Å². The third-order valence-electron chi connectivity index (χ3n) is 5.77. The molecule has 160 valence electrons. The third kappa shape index (κ3) is 4.46. The lowest BCUT2D eigenvalue weighted by molar-refractivity contribution is -0.127. The second-order valence-corrected chi connectivity index (χ2v) is 9.12. The molecule has 2 aliphatic rings. The maximum Gasteiger partial charge on any atom is 0.263 e. The highest BCUT2D eigenvalue weighted by atomic mass is 32.1. The molecule has 1 fully saturated rings. The molecular formula is C23H28N2O4S. The van der Waals surface area contributed by atoms with Gasteiger partial charge in [0.2, 0.25) is 5.91 Å². The normalized spacial score (nSPS) is 17.6. The molecule has 1 N–H and O–H groups in total. The van der Waals surface area contributed by atoms with Gasteiger partial charge in [-0.25, -0.2) is 0 Å². The Morgan fingerprint density at radius 1 is 1.10 bits per heavy atom. The Hall–Kier alpha value is -2.54. The Morgan fingerprint density at radius 2 is 1.83 bits per heavy atom. The van der Waals surface area contributed by atoms with Gasteiger partial charge in [0.15, 0.2) is 11.5 Å². The van der Waals surface area contributed by atoms with E-state index in [1.54, 1.807) is 0 Å². The van der Waals surface area contributed by atoms with Gasteiger partial charge in [0, 0.05) is 19.0 Å². The summed E-state index contributed by atoms with van der Waals surface area (Å²) in [4.78, 5) is 28.2. The van der Waals surface area contributed by atoms with Gasteiger partial charge in [0.1, 0.15) is 13.2 Å². The van der Waals surface area contributed by atoms with Crippen molar-refractivity contribution in [3.8, 4) is 11.5 Å². The molecule has 6 nitrogen and oxygen atoms in total. The topological polar surface area (TPSA) is 67.9 Å². The van der Waals surface area contributed by atoms with Crippen LogP contribution in [0, 0.1) is 11.8 Å². The number of amides is 2. The minimum absolute atomic E-state index is 0.0619. The first-order valence-corrected chi connectivity index (χ1v) is 11.4. The van der Waals surface area contributed by atoms with Crippen molar-refractivity contribution >= 4 is 23.2 Å². The molecule has 7 heteroatoms. The minimum atomic E-state index is -0.0980. The highest BCUT2D eigenvalue weighted by Crippen LogP contribution is 2.34. The molecule has 2 aromatic rings. The quantitative estimate of drug-likeness (QED) is 0.785. The zero-order valence-electron chi connectivity index (χ0n) is 17.4. The summed E-state index contributed by atoms with van der Waals surface area (Å²) in [6.45, 7) is 6.53. The molecule has 2 amide bonds. The van der Waals surface area contributed by atoms with Crippen LogP contribution in [-0.4, -0.2) is 43.0 Å². The predicted molar refractivity (Wildman–Crippen MR) is 116 cm³/mol. The summed E-state index contributed by atoms with van der Waals surface area (Å²) in [5.74, 6) is 1.78. The molecule has 1 aromatic heterocycles. The summed E-state index contributed by atoms with van der Waals surface area (Å²) in [5, 5.41) is 5.16. The first kappa shape index (κ1) is 20.7. The average molecular weight is 429 g/mol. The maximum absolute atomic E-state index is 13.0. The Bertz CT molecular complexity index is 889. The van der Waals surface area contributed by atoms with Crippen molar-refractivity contribution in [3.05, 3.63) is 46.2 Å².